The Labute approximate surface area is 100 Å². The van der Waals surface area contributed by atoms with Crippen LogP contribution >= 0.6 is 0 Å². The lowest BCUT2D eigenvalue weighted by molar-refractivity contribution is 0.0760. The Morgan fingerprint density at radius 3 is 2.50 bits per heavy atom. The Hall–Kier alpha value is -0.0800. The van der Waals surface area contributed by atoms with Gasteiger partial charge in [-0.25, -0.2) is 0 Å². The maximum Gasteiger partial charge on any atom is 0.0689 e. The predicted molar refractivity (Wildman–Crippen MR) is 67.3 cm³/mol. The van der Waals surface area contributed by atoms with Crippen LogP contribution in [-0.4, -0.2) is 36.2 Å². The summed E-state index contributed by atoms with van der Waals surface area (Å²) in [5.41, 5.74) is 0. The van der Waals surface area contributed by atoms with Crippen molar-refractivity contribution in [3.05, 3.63) is 0 Å². The van der Waals surface area contributed by atoms with E-state index >= 15 is 0 Å². The minimum atomic E-state index is -0.163. The van der Waals surface area contributed by atoms with Gasteiger partial charge in [-0.05, 0) is 50.0 Å². The third kappa shape index (κ3) is 2.78. The van der Waals surface area contributed by atoms with Crippen LogP contribution in [0.1, 0.15) is 39.5 Å². The average Bonchev–Trinajstić information content (AvgIpc) is 2.78. The van der Waals surface area contributed by atoms with Gasteiger partial charge in [0, 0.05) is 13.1 Å². The molecule has 2 saturated carbocycles. The molecule has 0 aromatic carbocycles. The summed E-state index contributed by atoms with van der Waals surface area (Å²) in [5, 5.41) is 9.86. The predicted octanol–water partition coefficient (Wildman–Crippen LogP) is 2.37. The molecule has 2 heteroatoms. The lowest BCUT2D eigenvalue weighted by Crippen LogP contribution is -2.36. The Morgan fingerprint density at radius 1 is 1.25 bits per heavy atom. The van der Waals surface area contributed by atoms with Gasteiger partial charge in [0.15, 0.2) is 0 Å². The first-order chi connectivity index (χ1) is 7.56. The van der Waals surface area contributed by atoms with Gasteiger partial charge in [0.1, 0.15) is 0 Å². The van der Waals surface area contributed by atoms with Crippen molar-refractivity contribution < 1.29 is 5.11 Å². The largest absolute Gasteiger partial charge is 0.392 e. The first-order valence-electron chi connectivity index (χ1n) is 6.93. The van der Waals surface area contributed by atoms with E-state index in [1.165, 1.54) is 32.2 Å². The smallest absolute Gasteiger partial charge is 0.0689 e. The highest BCUT2D eigenvalue weighted by Crippen LogP contribution is 2.48. The number of fused-ring (bicyclic) bond motifs is 2. The molecule has 4 unspecified atom stereocenters. The van der Waals surface area contributed by atoms with Crippen LogP contribution < -0.4 is 0 Å². The molecular weight excluding hydrogens is 198 g/mol. The molecule has 4 atom stereocenters. The van der Waals surface area contributed by atoms with E-state index in [0.717, 1.165) is 24.3 Å². The number of rotatable bonds is 5. The molecule has 2 fully saturated rings. The quantitative estimate of drug-likeness (QED) is 0.776. The first-order valence-corrected chi connectivity index (χ1v) is 6.93. The highest BCUT2D eigenvalue weighted by molar-refractivity contribution is 4.91. The van der Waals surface area contributed by atoms with Gasteiger partial charge in [0.2, 0.25) is 0 Å². The van der Waals surface area contributed by atoms with Crippen molar-refractivity contribution in [1.29, 1.82) is 0 Å². The van der Waals surface area contributed by atoms with Gasteiger partial charge in [-0.15, -0.1) is 0 Å². The maximum absolute atomic E-state index is 9.86. The third-order valence-electron chi connectivity index (χ3n) is 4.70. The van der Waals surface area contributed by atoms with Crippen LogP contribution in [0.3, 0.4) is 0 Å². The molecule has 94 valence electrons. The standard InChI is InChI=1S/C14H27NO/c1-10(2)14(16)9-15(3)8-13-7-11-4-5-12(13)6-11/h10-14,16H,4-9H2,1-3H3. The van der Waals surface area contributed by atoms with E-state index < -0.39 is 0 Å². The van der Waals surface area contributed by atoms with Gasteiger partial charge in [-0.1, -0.05) is 20.3 Å². The van der Waals surface area contributed by atoms with Crippen molar-refractivity contribution in [2.24, 2.45) is 23.7 Å². The zero-order chi connectivity index (χ0) is 11.7. The number of hydrogen-bond acceptors (Lipinski definition) is 2. The van der Waals surface area contributed by atoms with Crippen molar-refractivity contribution in [2.45, 2.75) is 45.6 Å². The molecule has 2 bridgehead atoms. The minimum absolute atomic E-state index is 0.163. The van der Waals surface area contributed by atoms with Crippen LogP contribution in [0.4, 0.5) is 0 Å². The number of aliphatic hydroxyl groups is 1. The minimum Gasteiger partial charge on any atom is -0.392 e. The molecular formula is C14H27NO. The van der Waals surface area contributed by atoms with E-state index in [1.807, 2.05) is 0 Å². The van der Waals surface area contributed by atoms with Gasteiger partial charge in [-0.3, -0.25) is 0 Å². The molecule has 0 saturated heterocycles. The Kier molecular flexibility index (Phi) is 3.91. The SMILES string of the molecule is CC(C)C(O)CN(C)CC1CC2CCC1C2. The summed E-state index contributed by atoms with van der Waals surface area (Å²) in [6.45, 7) is 6.22. The lowest BCUT2D eigenvalue weighted by atomic mass is 9.88. The zero-order valence-corrected chi connectivity index (χ0v) is 11.0. The Morgan fingerprint density at radius 2 is 2.00 bits per heavy atom. The van der Waals surface area contributed by atoms with Crippen LogP contribution in [0.5, 0.6) is 0 Å². The molecule has 1 N–H and O–H groups in total. The topological polar surface area (TPSA) is 23.5 Å². The van der Waals surface area contributed by atoms with E-state index in [-0.39, 0.29) is 6.10 Å². The fourth-order valence-corrected chi connectivity index (χ4v) is 3.61. The van der Waals surface area contributed by atoms with Crippen molar-refractivity contribution >= 4 is 0 Å². The van der Waals surface area contributed by atoms with Gasteiger partial charge in [0.05, 0.1) is 6.10 Å². The van der Waals surface area contributed by atoms with Gasteiger partial charge in [0.25, 0.3) is 0 Å². The van der Waals surface area contributed by atoms with E-state index in [2.05, 4.69) is 25.8 Å². The summed E-state index contributed by atoms with van der Waals surface area (Å²) in [6, 6.07) is 0. The fourth-order valence-electron chi connectivity index (χ4n) is 3.61. The van der Waals surface area contributed by atoms with E-state index in [1.54, 1.807) is 0 Å². The van der Waals surface area contributed by atoms with E-state index in [0.29, 0.717) is 5.92 Å². The second-order valence-corrected chi connectivity index (χ2v) is 6.47. The van der Waals surface area contributed by atoms with Gasteiger partial charge >= 0.3 is 0 Å². The molecule has 0 amide bonds. The van der Waals surface area contributed by atoms with Gasteiger partial charge in [-0.2, -0.15) is 0 Å². The molecule has 0 aliphatic heterocycles. The van der Waals surface area contributed by atoms with Crippen LogP contribution in [0.25, 0.3) is 0 Å². The van der Waals surface area contributed by atoms with Crippen LogP contribution in [0.2, 0.25) is 0 Å². The molecule has 0 aromatic rings. The molecule has 0 aromatic heterocycles. The van der Waals surface area contributed by atoms with Crippen molar-refractivity contribution in [1.82, 2.24) is 4.90 Å². The number of hydrogen-bond donors (Lipinski definition) is 1. The highest BCUT2D eigenvalue weighted by atomic mass is 16.3. The molecule has 2 rings (SSSR count). The summed E-state index contributed by atoms with van der Waals surface area (Å²) < 4.78 is 0. The third-order valence-corrected chi connectivity index (χ3v) is 4.70. The molecule has 2 aliphatic carbocycles. The van der Waals surface area contributed by atoms with Crippen LogP contribution in [0.15, 0.2) is 0 Å². The summed E-state index contributed by atoms with van der Waals surface area (Å²) in [4.78, 5) is 2.34. The summed E-state index contributed by atoms with van der Waals surface area (Å²) in [5.74, 6) is 3.34. The summed E-state index contributed by atoms with van der Waals surface area (Å²) in [7, 11) is 2.16. The van der Waals surface area contributed by atoms with Crippen LogP contribution in [-0.2, 0) is 0 Å². The number of likely N-dealkylation sites (N-methyl/N-ethyl adjacent to an activating group) is 1. The molecule has 0 radical (unpaired) electrons. The van der Waals surface area contributed by atoms with Crippen molar-refractivity contribution in [3.63, 3.8) is 0 Å². The Balaban J connectivity index is 1.73. The second-order valence-electron chi connectivity index (χ2n) is 6.47. The molecule has 0 spiro atoms. The zero-order valence-electron chi connectivity index (χ0n) is 11.0. The maximum atomic E-state index is 9.86. The number of nitrogens with zero attached hydrogens (tertiary/aromatic N) is 1. The normalized spacial score (nSPS) is 35.2. The molecule has 2 nitrogen and oxygen atoms in total. The summed E-state index contributed by atoms with van der Waals surface area (Å²) in [6.07, 6.45) is 5.73. The monoisotopic (exact) mass is 225 g/mol. The first kappa shape index (κ1) is 12.4. The van der Waals surface area contributed by atoms with Crippen molar-refractivity contribution in [2.75, 3.05) is 20.1 Å². The average molecular weight is 225 g/mol. The fraction of sp³-hybridized carbons (Fsp3) is 1.00. The lowest BCUT2D eigenvalue weighted by Gasteiger charge is -2.29. The van der Waals surface area contributed by atoms with Gasteiger partial charge < -0.3 is 10.0 Å². The highest BCUT2D eigenvalue weighted by Gasteiger charge is 2.39. The summed E-state index contributed by atoms with van der Waals surface area (Å²) >= 11 is 0. The Bertz CT molecular complexity index is 229. The molecule has 16 heavy (non-hydrogen) atoms. The molecule has 0 heterocycles. The molecule has 2 aliphatic rings. The number of aliphatic hydroxyl groups excluding tert-OH is 1. The second kappa shape index (κ2) is 5.05. The van der Waals surface area contributed by atoms with Crippen LogP contribution in [0, 0.1) is 23.7 Å². The van der Waals surface area contributed by atoms with Crippen molar-refractivity contribution in [3.8, 4) is 0 Å². The van der Waals surface area contributed by atoms with E-state index in [9.17, 15) is 5.11 Å². The van der Waals surface area contributed by atoms with E-state index in [4.69, 9.17) is 0 Å².